The van der Waals surface area contributed by atoms with Gasteiger partial charge in [0.1, 0.15) is 0 Å². The van der Waals surface area contributed by atoms with Crippen molar-refractivity contribution >= 4 is 17.7 Å². The van der Waals surface area contributed by atoms with E-state index in [0.717, 1.165) is 18.5 Å². The minimum Gasteiger partial charge on any atom is -0.493 e. The number of carbonyl (C=O) groups is 1. The Labute approximate surface area is 192 Å². The van der Waals surface area contributed by atoms with Gasteiger partial charge in [0.2, 0.25) is 5.91 Å². The summed E-state index contributed by atoms with van der Waals surface area (Å²) < 4.78 is 13.5. The Morgan fingerprint density at radius 1 is 1.09 bits per heavy atom. The van der Waals surface area contributed by atoms with E-state index < -0.39 is 0 Å². The molecule has 1 aliphatic carbocycles. The van der Waals surface area contributed by atoms with Gasteiger partial charge in [0.15, 0.2) is 28.6 Å². The SMILES string of the molecule is COc1ccccc1OC(C)c1nnc(SCC(=O)NC2CCCC2)n1-c1ccccc1. The molecule has 2 aromatic carbocycles. The summed E-state index contributed by atoms with van der Waals surface area (Å²) in [5, 5.41) is 12.6. The van der Waals surface area contributed by atoms with Crippen LogP contribution in [0.5, 0.6) is 11.5 Å². The number of amides is 1. The molecule has 8 heteroatoms. The molecule has 1 saturated carbocycles. The Morgan fingerprint density at radius 3 is 2.50 bits per heavy atom. The summed E-state index contributed by atoms with van der Waals surface area (Å²) >= 11 is 1.38. The van der Waals surface area contributed by atoms with Gasteiger partial charge in [-0.2, -0.15) is 0 Å². The van der Waals surface area contributed by atoms with Crippen LogP contribution in [0.15, 0.2) is 59.8 Å². The molecule has 1 fully saturated rings. The maximum absolute atomic E-state index is 12.4. The zero-order valence-electron chi connectivity index (χ0n) is 18.4. The number of ether oxygens (including phenoxy) is 2. The molecule has 0 saturated heterocycles. The monoisotopic (exact) mass is 452 g/mol. The Morgan fingerprint density at radius 2 is 1.78 bits per heavy atom. The Kier molecular flexibility index (Phi) is 7.32. The zero-order valence-corrected chi connectivity index (χ0v) is 19.2. The summed E-state index contributed by atoms with van der Waals surface area (Å²) in [5.41, 5.74) is 0.918. The fourth-order valence-corrected chi connectivity index (χ4v) is 4.66. The van der Waals surface area contributed by atoms with Crippen LogP contribution in [0.1, 0.15) is 44.5 Å². The third-order valence-corrected chi connectivity index (χ3v) is 6.39. The number of benzene rings is 2. The summed E-state index contributed by atoms with van der Waals surface area (Å²) in [6, 6.07) is 17.7. The van der Waals surface area contributed by atoms with E-state index in [4.69, 9.17) is 9.47 Å². The highest BCUT2D eigenvalue weighted by Gasteiger charge is 2.23. The second-order valence-electron chi connectivity index (χ2n) is 7.76. The van der Waals surface area contributed by atoms with Gasteiger partial charge in [-0.05, 0) is 44.0 Å². The van der Waals surface area contributed by atoms with E-state index in [9.17, 15) is 4.79 Å². The number of nitrogens with one attached hydrogen (secondary N) is 1. The van der Waals surface area contributed by atoms with E-state index in [2.05, 4.69) is 15.5 Å². The summed E-state index contributed by atoms with van der Waals surface area (Å²) in [7, 11) is 1.62. The first kappa shape index (κ1) is 22.2. The number of hydrogen-bond donors (Lipinski definition) is 1. The largest absolute Gasteiger partial charge is 0.493 e. The maximum Gasteiger partial charge on any atom is 0.230 e. The highest BCUT2D eigenvalue weighted by molar-refractivity contribution is 7.99. The van der Waals surface area contributed by atoms with Crippen LogP contribution in [-0.2, 0) is 4.79 Å². The van der Waals surface area contributed by atoms with Crippen LogP contribution in [0.25, 0.3) is 5.69 Å². The number of aromatic nitrogens is 3. The molecular formula is C24H28N4O3S. The number of hydrogen-bond acceptors (Lipinski definition) is 6. The molecule has 32 heavy (non-hydrogen) atoms. The standard InChI is InChI=1S/C24H28N4O3S/c1-17(31-21-15-9-8-14-20(21)30-2)23-26-27-24(28(23)19-12-4-3-5-13-19)32-16-22(29)25-18-10-6-7-11-18/h3-5,8-9,12-15,17-18H,6-7,10-11,16H2,1-2H3,(H,25,29). The third kappa shape index (κ3) is 5.24. The lowest BCUT2D eigenvalue weighted by atomic mass is 10.2. The molecule has 1 heterocycles. The van der Waals surface area contributed by atoms with Crippen molar-refractivity contribution in [3.05, 3.63) is 60.4 Å². The van der Waals surface area contributed by atoms with Crippen LogP contribution < -0.4 is 14.8 Å². The summed E-state index contributed by atoms with van der Waals surface area (Å²) in [6.45, 7) is 1.93. The van der Waals surface area contributed by atoms with Crippen LogP contribution in [0, 0.1) is 0 Å². The van der Waals surface area contributed by atoms with Gasteiger partial charge in [-0.15, -0.1) is 10.2 Å². The van der Waals surface area contributed by atoms with Crippen LogP contribution in [-0.4, -0.2) is 39.6 Å². The molecule has 1 unspecified atom stereocenters. The summed E-state index contributed by atoms with van der Waals surface area (Å²) in [4.78, 5) is 12.4. The molecule has 1 aromatic heterocycles. The second kappa shape index (κ2) is 10.5. The van der Waals surface area contributed by atoms with E-state index in [0.29, 0.717) is 34.3 Å². The smallest absolute Gasteiger partial charge is 0.230 e. The number of rotatable bonds is 9. The lowest BCUT2D eigenvalue weighted by Crippen LogP contribution is -2.33. The van der Waals surface area contributed by atoms with E-state index in [1.165, 1.54) is 24.6 Å². The average Bonchev–Trinajstić information content (AvgIpc) is 3.48. The van der Waals surface area contributed by atoms with Gasteiger partial charge in [-0.25, -0.2) is 0 Å². The molecule has 1 aliphatic rings. The molecule has 0 aliphatic heterocycles. The maximum atomic E-state index is 12.4. The van der Waals surface area contributed by atoms with Crippen molar-refractivity contribution in [2.45, 2.75) is 49.9 Å². The lowest BCUT2D eigenvalue weighted by molar-refractivity contribution is -0.119. The van der Waals surface area contributed by atoms with Crippen LogP contribution in [0.3, 0.4) is 0 Å². The molecular weight excluding hydrogens is 424 g/mol. The van der Waals surface area contributed by atoms with Crippen molar-refractivity contribution in [2.75, 3.05) is 12.9 Å². The third-order valence-electron chi connectivity index (χ3n) is 5.46. The number of thioether (sulfide) groups is 1. The Bertz CT molecular complexity index is 1030. The fourth-order valence-electron chi connectivity index (χ4n) is 3.89. The quantitative estimate of drug-likeness (QED) is 0.479. The average molecular weight is 453 g/mol. The fraction of sp³-hybridized carbons (Fsp3) is 0.375. The second-order valence-corrected chi connectivity index (χ2v) is 8.70. The minimum atomic E-state index is -0.388. The molecule has 0 spiro atoms. The van der Waals surface area contributed by atoms with Crippen molar-refractivity contribution in [3.63, 3.8) is 0 Å². The first-order chi connectivity index (χ1) is 15.7. The van der Waals surface area contributed by atoms with Gasteiger partial charge < -0.3 is 14.8 Å². The lowest BCUT2D eigenvalue weighted by Gasteiger charge is -2.18. The Hall–Kier alpha value is -3.00. The van der Waals surface area contributed by atoms with Crippen LogP contribution in [0.4, 0.5) is 0 Å². The van der Waals surface area contributed by atoms with Crippen LogP contribution in [0.2, 0.25) is 0 Å². The molecule has 7 nitrogen and oxygen atoms in total. The molecule has 1 N–H and O–H groups in total. The van der Waals surface area contributed by atoms with Crippen LogP contribution >= 0.6 is 11.8 Å². The van der Waals surface area contributed by atoms with E-state index in [1.807, 2.05) is 66.1 Å². The van der Waals surface area contributed by atoms with Gasteiger partial charge in [0.25, 0.3) is 0 Å². The van der Waals surface area contributed by atoms with Gasteiger partial charge in [-0.1, -0.05) is 54.9 Å². The Balaban J connectivity index is 1.54. The molecule has 1 amide bonds. The highest BCUT2D eigenvalue weighted by Crippen LogP contribution is 2.32. The van der Waals surface area contributed by atoms with Gasteiger partial charge >= 0.3 is 0 Å². The molecule has 0 radical (unpaired) electrons. The van der Waals surface area contributed by atoms with Crippen molar-refractivity contribution in [1.29, 1.82) is 0 Å². The number of nitrogens with zero attached hydrogens (tertiary/aromatic N) is 3. The molecule has 3 aromatic rings. The summed E-state index contributed by atoms with van der Waals surface area (Å²) in [5.74, 6) is 2.27. The highest BCUT2D eigenvalue weighted by atomic mass is 32.2. The van der Waals surface area contributed by atoms with Crippen molar-refractivity contribution < 1.29 is 14.3 Å². The van der Waals surface area contributed by atoms with Crippen molar-refractivity contribution in [1.82, 2.24) is 20.1 Å². The van der Waals surface area contributed by atoms with E-state index >= 15 is 0 Å². The predicted molar refractivity (Wildman–Crippen MR) is 125 cm³/mol. The zero-order chi connectivity index (χ0) is 22.3. The normalized spacial score (nSPS) is 14.8. The summed E-state index contributed by atoms with van der Waals surface area (Å²) in [6.07, 6.45) is 4.12. The van der Waals surface area contributed by atoms with E-state index in [1.54, 1.807) is 7.11 Å². The van der Waals surface area contributed by atoms with Crippen molar-refractivity contribution in [3.8, 4) is 17.2 Å². The first-order valence-electron chi connectivity index (χ1n) is 10.9. The molecule has 4 rings (SSSR count). The molecule has 0 bridgehead atoms. The van der Waals surface area contributed by atoms with E-state index in [-0.39, 0.29) is 12.0 Å². The number of carbonyl (C=O) groups excluding carboxylic acids is 1. The first-order valence-corrected chi connectivity index (χ1v) is 11.9. The number of para-hydroxylation sites is 3. The topological polar surface area (TPSA) is 78.3 Å². The van der Waals surface area contributed by atoms with Gasteiger partial charge in [0, 0.05) is 11.7 Å². The van der Waals surface area contributed by atoms with Gasteiger partial charge in [0.05, 0.1) is 12.9 Å². The molecule has 168 valence electrons. The van der Waals surface area contributed by atoms with Gasteiger partial charge in [-0.3, -0.25) is 9.36 Å². The molecule has 1 atom stereocenters. The number of methoxy groups -OCH3 is 1. The minimum absolute atomic E-state index is 0.0318. The predicted octanol–water partition coefficient (Wildman–Crippen LogP) is 4.57. The van der Waals surface area contributed by atoms with Crippen molar-refractivity contribution in [2.24, 2.45) is 0 Å².